The van der Waals surface area contributed by atoms with E-state index >= 15 is 0 Å². The highest BCUT2D eigenvalue weighted by molar-refractivity contribution is 5.92. The predicted octanol–water partition coefficient (Wildman–Crippen LogP) is 0.626. The Bertz CT molecular complexity index is 545. The monoisotopic (exact) mass is 304 g/mol. The highest BCUT2D eigenvalue weighted by atomic mass is 16.2. The Morgan fingerprint density at radius 2 is 1.95 bits per heavy atom. The van der Waals surface area contributed by atoms with Crippen LogP contribution in [0.1, 0.15) is 22.6 Å². The third-order valence-electron chi connectivity index (χ3n) is 3.84. The molecule has 6 nitrogen and oxygen atoms in total. The molecule has 0 spiro atoms. The third-order valence-corrected chi connectivity index (χ3v) is 3.84. The predicted molar refractivity (Wildman–Crippen MR) is 84.6 cm³/mol. The Kier molecular flexibility index (Phi) is 5.49. The topological polar surface area (TPSA) is 56.8 Å². The van der Waals surface area contributed by atoms with Gasteiger partial charge in [-0.05, 0) is 25.5 Å². The van der Waals surface area contributed by atoms with Crippen LogP contribution in [0.4, 0.5) is 0 Å². The molecule has 0 N–H and O–H groups in total. The Morgan fingerprint density at radius 3 is 2.64 bits per heavy atom. The first-order valence-corrected chi connectivity index (χ1v) is 7.63. The van der Waals surface area contributed by atoms with Gasteiger partial charge in [-0.1, -0.05) is 6.07 Å². The van der Waals surface area contributed by atoms with E-state index in [4.69, 9.17) is 0 Å². The maximum absolute atomic E-state index is 12.5. The summed E-state index contributed by atoms with van der Waals surface area (Å²) in [6, 6.07) is 5.50. The van der Waals surface area contributed by atoms with E-state index in [9.17, 15) is 9.59 Å². The van der Waals surface area contributed by atoms with Crippen LogP contribution in [0, 0.1) is 6.92 Å². The van der Waals surface area contributed by atoms with Crippen molar-refractivity contribution in [2.75, 3.05) is 46.8 Å². The van der Waals surface area contributed by atoms with Gasteiger partial charge in [-0.2, -0.15) is 0 Å². The fourth-order valence-corrected chi connectivity index (χ4v) is 2.49. The molecule has 1 aromatic heterocycles. The maximum atomic E-state index is 12.5. The van der Waals surface area contributed by atoms with Crippen LogP contribution in [0.3, 0.4) is 0 Å². The van der Waals surface area contributed by atoms with Crippen LogP contribution in [-0.4, -0.2) is 78.3 Å². The molecule has 0 unspecified atom stereocenters. The summed E-state index contributed by atoms with van der Waals surface area (Å²) < 4.78 is 0. The lowest BCUT2D eigenvalue weighted by molar-refractivity contribution is -0.129. The quantitative estimate of drug-likeness (QED) is 0.822. The number of aryl methyl sites for hydroxylation is 1. The van der Waals surface area contributed by atoms with Crippen molar-refractivity contribution in [1.29, 1.82) is 0 Å². The maximum Gasteiger partial charge on any atom is 0.272 e. The van der Waals surface area contributed by atoms with Crippen molar-refractivity contribution in [3.63, 3.8) is 0 Å². The number of rotatable bonds is 3. The zero-order valence-corrected chi connectivity index (χ0v) is 13.6. The average molecular weight is 304 g/mol. The summed E-state index contributed by atoms with van der Waals surface area (Å²) in [5.74, 6) is 0.0737. The molecular formula is C16H24N4O2. The molecule has 1 fully saturated rings. The Labute approximate surface area is 131 Å². The largest absolute Gasteiger partial charge is 0.348 e. The highest BCUT2D eigenvalue weighted by Crippen LogP contribution is 2.08. The normalized spacial score (nSPS) is 16.2. The number of likely N-dealkylation sites (N-methyl/N-ethyl adjacent to an activating group) is 1. The van der Waals surface area contributed by atoms with Gasteiger partial charge >= 0.3 is 0 Å². The van der Waals surface area contributed by atoms with E-state index in [-0.39, 0.29) is 11.8 Å². The number of hydrogen-bond donors (Lipinski definition) is 0. The van der Waals surface area contributed by atoms with Gasteiger partial charge in [-0.25, -0.2) is 4.98 Å². The molecule has 2 amide bonds. The summed E-state index contributed by atoms with van der Waals surface area (Å²) in [7, 11) is 3.53. The van der Waals surface area contributed by atoms with Crippen LogP contribution >= 0.6 is 0 Å². The van der Waals surface area contributed by atoms with Crippen molar-refractivity contribution in [3.05, 3.63) is 29.6 Å². The Balaban J connectivity index is 1.95. The lowest BCUT2D eigenvalue weighted by Crippen LogP contribution is -2.39. The summed E-state index contributed by atoms with van der Waals surface area (Å²) in [6.45, 7) is 5.20. The van der Waals surface area contributed by atoms with E-state index in [0.29, 0.717) is 25.3 Å². The number of carbonyl (C=O) groups excluding carboxylic acids is 2. The lowest BCUT2D eigenvalue weighted by atomic mass is 10.2. The number of nitrogens with zero attached hydrogens (tertiary/aromatic N) is 4. The molecule has 22 heavy (non-hydrogen) atoms. The molecule has 120 valence electrons. The summed E-state index contributed by atoms with van der Waals surface area (Å²) >= 11 is 0. The van der Waals surface area contributed by atoms with E-state index in [1.807, 2.05) is 24.0 Å². The number of carbonyl (C=O) groups is 2. The Morgan fingerprint density at radius 1 is 1.18 bits per heavy atom. The van der Waals surface area contributed by atoms with Gasteiger partial charge in [0.25, 0.3) is 5.91 Å². The van der Waals surface area contributed by atoms with Crippen molar-refractivity contribution < 1.29 is 9.59 Å². The molecule has 0 saturated carbocycles. The van der Waals surface area contributed by atoms with Crippen LogP contribution in [0.5, 0.6) is 0 Å². The van der Waals surface area contributed by atoms with Gasteiger partial charge in [0.1, 0.15) is 5.69 Å². The third kappa shape index (κ3) is 4.27. The van der Waals surface area contributed by atoms with Crippen molar-refractivity contribution >= 4 is 11.8 Å². The number of amides is 2. The van der Waals surface area contributed by atoms with E-state index < -0.39 is 0 Å². The minimum Gasteiger partial charge on any atom is -0.348 e. The lowest BCUT2D eigenvalue weighted by Gasteiger charge is -2.22. The van der Waals surface area contributed by atoms with E-state index in [1.165, 1.54) is 0 Å². The van der Waals surface area contributed by atoms with Gasteiger partial charge in [0.15, 0.2) is 0 Å². The second-order valence-electron chi connectivity index (χ2n) is 5.87. The molecule has 6 heteroatoms. The highest BCUT2D eigenvalue weighted by Gasteiger charge is 2.22. The van der Waals surface area contributed by atoms with Crippen LogP contribution < -0.4 is 0 Å². The average Bonchev–Trinajstić information content (AvgIpc) is 2.72. The minimum atomic E-state index is -0.0236. The summed E-state index contributed by atoms with van der Waals surface area (Å²) in [6.07, 6.45) is 0.873. The molecule has 1 aliphatic heterocycles. The standard InChI is InChI=1S/C16H24N4O2/c1-13-6-4-7-14(17-13)16(22)20-9-5-8-19(10-11-20)12-15(21)18(2)3/h4,6-7H,5,8-12H2,1-3H3. The van der Waals surface area contributed by atoms with Gasteiger partial charge in [-0.15, -0.1) is 0 Å². The molecule has 2 rings (SSSR count). The number of aromatic nitrogens is 1. The van der Waals surface area contributed by atoms with Crippen molar-refractivity contribution in [1.82, 2.24) is 19.7 Å². The molecule has 2 heterocycles. The van der Waals surface area contributed by atoms with E-state index in [1.54, 1.807) is 25.1 Å². The summed E-state index contributed by atoms with van der Waals surface area (Å²) in [4.78, 5) is 34.2. The number of pyridine rings is 1. The van der Waals surface area contributed by atoms with Crippen LogP contribution in [-0.2, 0) is 4.79 Å². The van der Waals surface area contributed by atoms with E-state index in [0.717, 1.165) is 25.2 Å². The van der Waals surface area contributed by atoms with E-state index in [2.05, 4.69) is 9.88 Å². The van der Waals surface area contributed by atoms with Gasteiger partial charge in [0, 0.05) is 46.0 Å². The van der Waals surface area contributed by atoms with Gasteiger partial charge in [0.2, 0.25) is 5.91 Å². The zero-order valence-electron chi connectivity index (χ0n) is 13.6. The molecule has 0 aliphatic carbocycles. The summed E-state index contributed by atoms with van der Waals surface area (Å²) in [5, 5.41) is 0. The van der Waals surface area contributed by atoms with Gasteiger partial charge in [0.05, 0.1) is 6.54 Å². The first-order valence-electron chi connectivity index (χ1n) is 7.63. The van der Waals surface area contributed by atoms with Crippen LogP contribution in [0.15, 0.2) is 18.2 Å². The molecule has 1 aliphatic rings. The minimum absolute atomic E-state index is 0.0236. The zero-order chi connectivity index (χ0) is 16.1. The van der Waals surface area contributed by atoms with Crippen LogP contribution in [0.2, 0.25) is 0 Å². The summed E-state index contributed by atoms with van der Waals surface area (Å²) in [5.41, 5.74) is 1.34. The Hall–Kier alpha value is -1.95. The molecule has 0 atom stereocenters. The second kappa shape index (κ2) is 7.35. The molecule has 0 radical (unpaired) electrons. The van der Waals surface area contributed by atoms with Crippen molar-refractivity contribution in [3.8, 4) is 0 Å². The fourth-order valence-electron chi connectivity index (χ4n) is 2.49. The van der Waals surface area contributed by atoms with Crippen molar-refractivity contribution in [2.24, 2.45) is 0 Å². The molecule has 1 aromatic rings. The van der Waals surface area contributed by atoms with Gasteiger partial charge in [-0.3, -0.25) is 14.5 Å². The first kappa shape index (κ1) is 16.4. The molecule has 0 aromatic carbocycles. The fraction of sp³-hybridized carbons (Fsp3) is 0.562. The van der Waals surface area contributed by atoms with Crippen molar-refractivity contribution in [2.45, 2.75) is 13.3 Å². The molecule has 1 saturated heterocycles. The second-order valence-corrected chi connectivity index (χ2v) is 5.87. The molecule has 0 bridgehead atoms. The molecular weight excluding hydrogens is 280 g/mol. The first-order chi connectivity index (χ1) is 10.5. The number of hydrogen-bond acceptors (Lipinski definition) is 4. The van der Waals surface area contributed by atoms with Crippen LogP contribution in [0.25, 0.3) is 0 Å². The smallest absolute Gasteiger partial charge is 0.272 e. The van der Waals surface area contributed by atoms with Gasteiger partial charge < -0.3 is 9.80 Å². The SMILES string of the molecule is Cc1cccc(C(=O)N2CCCN(CC(=O)N(C)C)CC2)n1.